The molecule has 0 amide bonds. The van der Waals surface area contributed by atoms with E-state index in [-0.39, 0.29) is 6.04 Å². The molecule has 0 aliphatic rings. The summed E-state index contributed by atoms with van der Waals surface area (Å²) in [4.78, 5) is 0. The molecule has 0 saturated heterocycles. The van der Waals surface area contributed by atoms with E-state index in [1.165, 1.54) is 12.0 Å². The molecule has 2 nitrogen and oxygen atoms in total. The van der Waals surface area contributed by atoms with Crippen molar-refractivity contribution in [1.82, 2.24) is 0 Å². The molecule has 1 aromatic carbocycles. The van der Waals surface area contributed by atoms with Gasteiger partial charge in [-0.15, -0.1) is 0 Å². The molecule has 14 heavy (non-hydrogen) atoms. The molecule has 0 heterocycles. The molecule has 0 bridgehead atoms. The third-order valence-electron chi connectivity index (χ3n) is 2.80. The summed E-state index contributed by atoms with van der Waals surface area (Å²) in [6.45, 7) is 4.94. The van der Waals surface area contributed by atoms with E-state index in [2.05, 4.69) is 38.1 Å². The minimum absolute atomic E-state index is 0.0269. The van der Waals surface area contributed by atoms with Crippen molar-refractivity contribution in [2.24, 2.45) is 11.5 Å². The predicted molar refractivity (Wildman–Crippen MR) is 61.1 cm³/mol. The van der Waals surface area contributed by atoms with Crippen molar-refractivity contribution < 1.29 is 0 Å². The van der Waals surface area contributed by atoms with E-state index in [9.17, 15) is 0 Å². The molecule has 1 rings (SSSR count). The Kier molecular flexibility index (Phi) is 4.11. The molecule has 0 spiro atoms. The maximum atomic E-state index is 5.83. The SMILES string of the molecule is CCC(C)c1ccc(C(N)CN)cc1. The first kappa shape index (κ1) is 11.2. The third kappa shape index (κ3) is 2.56. The van der Waals surface area contributed by atoms with E-state index < -0.39 is 0 Å². The van der Waals surface area contributed by atoms with Crippen molar-refractivity contribution in [3.63, 3.8) is 0 Å². The van der Waals surface area contributed by atoms with Crippen molar-refractivity contribution in [2.45, 2.75) is 32.2 Å². The summed E-state index contributed by atoms with van der Waals surface area (Å²) in [5.74, 6) is 0.623. The van der Waals surface area contributed by atoms with Gasteiger partial charge < -0.3 is 11.5 Å². The van der Waals surface area contributed by atoms with E-state index in [1.807, 2.05) is 0 Å². The summed E-state index contributed by atoms with van der Waals surface area (Å²) in [6.07, 6.45) is 1.17. The van der Waals surface area contributed by atoms with E-state index >= 15 is 0 Å². The normalized spacial score (nSPS) is 15.1. The van der Waals surface area contributed by atoms with E-state index in [1.54, 1.807) is 0 Å². The summed E-state index contributed by atoms with van der Waals surface area (Å²) >= 11 is 0. The van der Waals surface area contributed by atoms with Gasteiger partial charge in [-0.25, -0.2) is 0 Å². The van der Waals surface area contributed by atoms with Crippen LogP contribution in [0.3, 0.4) is 0 Å². The van der Waals surface area contributed by atoms with Gasteiger partial charge in [-0.1, -0.05) is 38.1 Å². The highest BCUT2D eigenvalue weighted by Gasteiger charge is 2.05. The molecule has 1 aromatic rings. The fourth-order valence-electron chi connectivity index (χ4n) is 1.44. The summed E-state index contributed by atoms with van der Waals surface area (Å²) in [7, 11) is 0. The van der Waals surface area contributed by atoms with Crippen molar-refractivity contribution in [2.75, 3.05) is 6.54 Å². The lowest BCUT2D eigenvalue weighted by Gasteiger charge is -2.12. The zero-order chi connectivity index (χ0) is 10.6. The number of hydrogen-bond acceptors (Lipinski definition) is 2. The average molecular weight is 192 g/mol. The van der Waals surface area contributed by atoms with Crippen molar-refractivity contribution in [1.29, 1.82) is 0 Å². The molecule has 0 aromatic heterocycles. The molecule has 78 valence electrons. The second-order valence-corrected chi connectivity index (χ2v) is 3.82. The van der Waals surface area contributed by atoms with Crippen LogP contribution in [-0.2, 0) is 0 Å². The average Bonchev–Trinajstić information content (AvgIpc) is 2.27. The third-order valence-corrected chi connectivity index (χ3v) is 2.80. The molecule has 2 atom stereocenters. The van der Waals surface area contributed by atoms with Crippen LogP contribution in [-0.4, -0.2) is 6.54 Å². The Morgan fingerprint density at radius 2 is 1.64 bits per heavy atom. The van der Waals surface area contributed by atoms with Crippen LogP contribution in [0.4, 0.5) is 0 Å². The molecule has 2 unspecified atom stereocenters. The summed E-state index contributed by atoms with van der Waals surface area (Å²) in [6, 6.07) is 8.44. The van der Waals surface area contributed by atoms with Gasteiger partial charge in [-0.05, 0) is 23.5 Å². The Bertz CT molecular complexity index is 237. The van der Waals surface area contributed by atoms with Crippen LogP contribution in [0.2, 0.25) is 0 Å². The highest BCUT2D eigenvalue weighted by atomic mass is 14.7. The van der Waals surface area contributed by atoms with Gasteiger partial charge in [-0.2, -0.15) is 0 Å². The van der Waals surface area contributed by atoms with Crippen LogP contribution in [0.15, 0.2) is 24.3 Å². The Balaban J connectivity index is 2.78. The zero-order valence-electron chi connectivity index (χ0n) is 9.03. The molecule has 0 radical (unpaired) electrons. The molecular weight excluding hydrogens is 172 g/mol. The Morgan fingerprint density at radius 3 is 2.07 bits per heavy atom. The van der Waals surface area contributed by atoms with Crippen LogP contribution < -0.4 is 11.5 Å². The van der Waals surface area contributed by atoms with Crippen molar-refractivity contribution >= 4 is 0 Å². The van der Waals surface area contributed by atoms with Gasteiger partial charge >= 0.3 is 0 Å². The number of nitrogens with two attached hydrogens (primary N) is 2. The Labute approximate surface area is 86.3 Å². The summed E-state index contributed by atoms with van der Waals surface area (Å²) < 4.78 is 0. The molecule has 2 heteroatoms. The van der Waals surface area contributed by atoms with Gasteiger partial charge in [0.05, 0.1) is 0 Å². The van der Waals surface area contributed by atoms with Gasteiger partial charge in [0.25, 0.3) is 0 Å². The van der Waals surface area contributed by atoms with Crippen molar-refractivity contribution in [3.05, 3.63) is 35.4 Å². The summed E-state index contributed by atoms with van der Waals surface area (Å²) in [5.41, 5.74) is 13.8. The van der Waals surface area contributed by atoms with Crippen LogP contribution in [0.1, 0.15) is 43.4 Å². The molecule has 0 saturated carbocycles. The topological polar surface area (TPSA) is 52.0 Å². The minimum atomic E-state index is -0.0269. The Hall–Kier alpha value is -0.860. The lowest BCUT2D eigenvalue weighted by molar-refractivity contribution is 0.721. The minimum Gasteiger partial charge on any atom is -0.329 e. The van der Waals surface area contributed by atoms with E-state index in [0.29, 0.717) is 12.5 Å². The number of hydrogen-bond donors (Lipinski definition) is 2. The second kappa shape index (κ2) is 5.13. The first-order valence-electron chi connectivity index (χ1n) is 5.24. The maximum Gasteiger partial charge on any atom is 0.0419 e. The van der Waals surface area contributed by atoms with E-state index in [4.69, 9.17) is 11.5 Å². The zero-order valence-corrected chi connectivity index (χ0v) is 9.03. The summed E-state index contributed by atoms with van der Waals surface area (Å²) in [5, 5.41) is 0. The van der Waals surface area contributed by atoms with Gasteiger partial charge in [0.1, 0.15) is 0 Å². The van der Waals surface area contributed by atoms with E-state index in [0.717, 1.165) is 5.56 Å². The molecule has 0 aliphatic carbocycles. The standard InChI is InChI=1S/C12H20N2/c1-3-9(2)10-4-6-11(7-5-10)12(14)8-13/h4-7,9,12H,3,8,13-14H2,1-2H3. The fourth-order valence-corrected chi connectivity index (χ4v) is 1.44. The first-order chi connectivity index (χ1) is 6.69. The smallest absolute Gasteiger partial charge is 0.0419 e. The predicted octanol–water partition coefficient (Wildman–Crippen LogP) is 2.16. The maximum absolute atomic E-state index is 5.83. The van der Waals surface area contributed by atoms with Crippen LogP contribution >= 0.6 is 0 Å². The number of benzene rings is 1. The second-order valence-electron chi connectivity index (χ2n) is 3.82. The van der Waals surface area contributed by atoms with Gasteiger partial charge in [0, 0.05) is 12.6 Å². The monoisotopic (exact) mass is 192 g/mol. The molecular formula is C12H20N2. The fraction of sp³-hybridized carbons (Fsp3) is 0.500. The van der Waals surface area contributed by atoms with Crippen LogP contribution in [0, 0.1) is 0 Å². The van der Waals surface area contributed by atoms with Crippen molar-refractivity contribution in [3.8, 4) is 0 Å². The number of rotatable bonds is 4. The first-order valence-corrected chi connectivity index (χ1v) is 5.24. The molecule has 0 aliphatic heterocycles. The lowest BCUT2D eigenvalue weighted by Crippen LogP contribution is -2.20. The highest BCUT2D eigenvalue weighted by Crippen LogP contribution is 2.20. The van der Waals surface area contributed by atoms with Gasteiger partial charge in [0.15, 0.2) is 0 Å². The van der Waals surface area contributed by atoms with Gasteiger partial charge in [0.2, 0.25) is 0 Å². The molecule has 0 fully saturated rings. The largest absolute Gasteiger partial charge is 0.329 e. The van der Waals surface area contributed by atoms with Gasteiger partial charge in [-0.3, -0.25) is 0 Å². The molecule has 4 N–H and O–H groups in total. The van der Waals surface area contributed by atoms with Crippen LogP contribution in [0.25, 0.3) is 0 Å². The Morgan fingerprint density at radius 1 is 1.14 bits per heavy atom. The van der Waals surface area contributed by atoms with Crippen LogP contribution in [0.5, 0.6) is 0 Å². The quantitative estimate of drug-likeness (QED) is 0.768. The highest BCUT2D eigenvalue weighted by molar-refractivity contribution is 5.27. The lowest BCUT2D eigenvalue weighted by atomic mass is 9.96.